The number of aliphatic hydroxyl groups excluding tert-OH is 1. The molecule has 6 N–H and O–H groups in total. The van der Waals surface area contributed by atoms with Crippen LogP contribution in [0.25, 0.3) is 10.8 Å². The smallest absolute Gasteiger partial charge is 0.243 e. The molecule has 2 aliphatic heterocycles. The van der Waals surface area contributed by atoms with Crippen LogP contribution >= 0.6 is 0 Å². The maximum absolute atomic E-state index is 13.3. The number of aliphatic hydroxyl groups is 1. The Balaban J connectivity index is 1.38. The summed E-state index contributed by atoms with van der Waals surface area (Å²) < 4.78 is 28.4. The minimum atomic E-state index is -4.07. The fraction of sp³-hybridized carbons (Fsp3) is 0.480. The van der Waals surface area contributed by atoms with E-state index in [1.165, 1.54) is 17.0 Å². The molecular formula is C25H34N6O5S. The topological polar surface area (TPSA) is 169 Å². The molecule has 2 saturated heterocycles. The first-order valence-electron chi connectivity index (χ1n) is 12.5. The summed E-state index contributed by atoms with van der Waals surface area (Å²) in [5, 5.41) is 22.1. The number of nitrogens with one attached hydrogen (secondary N) is 3. The van der Waals surface area contributed by atoms with Gasteiger partial charge in [-0.05, 0) is 48.6 Å². The second-order valence-corrected chi connectivity index (χ2v) is 11.3. The van der Waals surface area contributed by atoms with Gasteiger partial charge in [0.15, 0.2) is 5.96 Å². The summed E-state index contributed by atoms with van der Waals surface area (Å²) in [6.07, 6.45) is 2.84. The van der Waals surface area contributed by atoms with Crippen molar-refractivity contribution in [3.05, 3.63) is 42.5 Å². The summed E-state index contributed by atoms with van der Waals surface area (Å²) in [7, 11) is -4.07. The Kier molecular flexibility index (Phi) is 8.30. The highest BCUT2D eigenvalue weighted by Gasteiger charge is 2.36. The van der Waals surface area contributed by atoms with Crippen LogP contribution in [0.2, 0.25) is 0 Å². The molecule has 2 aliphatic rings. The SMILES string of the molecule is N=C(N)N1CCCC(C(=O)NC[C@@H]2CCCN2C(=O)C(CO)NS(=O)(=O)c2ccc3ccccc3c2)C1. The van der Waals surface area contributed by atoms with E-state index in [2.05, 4.69) is 10.0 Å². The maximum Gasteiger partial charge on any atom is 0.243 e. The average molecular weight is 531 g/mol. The molecule has 2 aromatic carbocycles. The van der Waals surface area contributed by atoms with Crippen molar-refractivity contribution >= 4 is 38.6 Å². The first kappa shape index (κ1) is 26.8. The number of sulfonamides is 1. The number of hydrogen-bond donors (Lipinski definition) is 5. The molecule has 0 radical (unpaired) electrons. The summed E-state index contributed by atoms with van der Waals surface area (Å²) in [4.78, 5) is 29.2. The third-order valence-corrected chi connectivity index (χ3v) is 8.58. The van der Waals surface area contributed by atoms with Crippen LogP contribution in [0, 0.1) is 11.3 Å². The van der Waals surface area contributed by atoms with Crippen LogP contribution < -0.4 is 15.8 Å². The van der Waals surface area contributed by atoms with E-state index < -0.39 is 28.6 Å². The van der Waals surface area contributed by atoms with Crippen molar-refractivity contribution in [3.63, 3.8) is 0 Å². The predicted octanol–water partition coefficient (Wildman–Crippen LogP) is 0.192. The zero-order valence-corrected chi connectivity index (χ0v) is 21.4. The number of amides is 2. The van der Waals surface area contributed by atoms with Gasteiger partial charge in [0.2, 0.25) is 21.8 Å². The molecule has 4 rings (SSSR count). The van der Waals surface area contributed by atoms with E-state index in [9.17, 15) is 23.1 Å². The molecule has 2 unspecified atom stereocenters. The van der Waals surface area contributed by atoms with Gasteiger partial charge in [0.25, 0.3) is 0 Å². The van der Waals surface area contributed by atoms with E-state index in [0.29, 0.717) is 38.9 Å². The average Bonchev–Trinajstić information content (AvgIpc) is 3.38. The molecular weight excluding hydrogens is 496 g/mol. The van der Waals surface area contributed by atoms with Crippen molar-refractivity contribution in [3.8, 4) is 0 Å². The zero-order valence-electron chi connectivity index (χ0n) is 20.6. The molecule has 0 bridgehead atoms. The van der Waals surface area contributed by atoms with Crippen LogP contribution in [0.3, 0.4) is 0 Å². The molecule has 0 spiro atoms. The monoisotopic (exact) mass is 530 g/mol. The normalized spacial score (nSPS) is 21.1. The van der Waals surface area contributed by atoms with E-state index in [-0.39, 0.29) is 35.3 Å². The molecule has 3 atom stereocenters. The number of benzene rings is 2. The van der Waals surface area contributed by atoms with Gasteiger partial charge in [0, 0.05) is 32.2 Å². The number of carbonyl (C=O) groups is 2. The van der Waals surface area contributed by atoms with Gasteiger partial charge in [0.1, 0.15) is 6.04 Å². The van der Waals surface area contributed by atoms with Crippen LogP contribution in [0.4, 0.5) is 0 Å². The molecule has 200 valence electrons. The minimum absolute atomic E-state index is 0.00905. The number of carbonyl (C=O) groups excluding carboxylic acids is 2. The lowest BCUT2D eigenvalue weighted by Gasteiger charge is -2.33. The molecule has 0 aromatic heterocycles. The van der Waals surface area contributed by atoms with Crippen LogP contribution in [-0.4, -0.2) is 86.0 Å². The third-order valence-electron chi connectivity index (χ3n) is 7.11. The molecule has 0 aliphatic carbocycles. The molecule has 2 heterocycles. The lowest BCUT2D eigenvalue weighted by atomic mass is 9.97. The molecule has 11 nitrogen and oxygen atoms in total. The summed E-state index contributed by atoms with van der Waals surface area (Å²) >= 11 is 0. The third kappa shape index (κ3) is 6.20. The van der Waals surface area contributed by atoms with Gasteiger partial charge in [0.05, 0.1) is 17.4 Å². The summed E-state index contributed by atoms with van der Waals surface area (Å²) in [5.41, 5.74) is 5.57. The molecule has 0 saturated carbocycles. The molecule has 12 heteroatoms. The van der Waals surface area contributed by atoms with Gasteiger partial charge >= 0.3 is 0 Å². The quantitative estimate of drug-likeness (QED) is 0.240. The number of rotatable bonds is 8. The Morgan fingerprint density at radius 3 is 2.57 bits per heavy atom. The van der Waals surface area contributed by atoms with E-state index in [1.807, 2.05) is 18.2 Å². The largest absolute Gasteiger partial charge is 0.394 e. The number of nitrogens with two attached hydrogens (primary N) is 1. The Labute approximate surface area is 216 Å². The van der Waals surface area contributed by atoms with Crippen LogP contribution in [0.5, 0.6) is 0 Å². The summed E-state index contributed by atoms with van der Waals surface area (Å²) in [5.74, 6) is -1.02. The highest BCUT2D eigenvalue weighted by atomic mass is 32.2. The van der Waals surface area contributed by atoms with Crippen molar-refractivity contribution < 1.29 is 23.1 Å². The second kappa shape index (κ2) is 11.4. The number of nitrogens with zero attached hydrogens (tertiary/aromatic N) is 2. The van der Waals surface area contributed by atoms with Crippen molar-refractivity contribution in [2.75, 3.05) is 32.8 Å². The van der Waals surface area contributed by atoms with Gasteiger partial charge < -0.3 is 26.0 Å². The minimum Gasteiger partial charge on any atom is -0.394 e. The summed E-state index contributed by atoms with van der Waals surface area (Å²) in [6.45, 7) is 0.995. The van der Waals surface area contributed by atoms with Crippen molar-refractivity contribution in [1.82, 2.24) is 19.8 Å². The Hall–Kier alpha value is -3.22. The lowest BCUT2D eigenvalue weighted by Crippen LogP contribution is -2.54. The zero-order chi connectivity index (χ0) is 26.6. The van der Waals surface area contributed by atoms with Gasteiger partial charge in [-0.25, -0.2) is 8.42 Å². The molecule has 2 amide bonds. The summed E-state index contributed by atoms with van der Waals surface area (Å²) in [6, 6.07) is 10.4. The highest BCUT2D eigenvalue weighted by molar-refractivity contribution is 7.89. The molecule has 2 aromatic rings. The molecule has 37 heavy (non-hydrogen) atoms. The number of guanidine groups is 1. The van der Waals surface area contributed by atoms with E-state index >= 15 is 0 Å². The van der Waals surface area contributed by atoms with Gasteiger partial charge in [-0.2, -0.15) is 4.72 Å². The molecule has 2 fully saturated rings. The van der Waals surface area contributed by atoms with Crippen LogP contribution in [-0.2, 0) is 19.6 Å². The van der Waals surface area contributed by atoms with Crippen LogP contribution in [0.15, 0.2) is 47.4 Å². The Morgan fingerprint density at radius 2 is 1.84 bits per heavy atom. The maximum atomic E-state index is 13.3. The van der Waals surface area contributed by atoms with Crippen molar-refractivity contribution in [2.24, 2.45) is 11.7 Å². The number of fused-ring (bicyclic) bond motifs is 1. The number of hydrogen-bond acceptors (Lipinski definition) is 6. The lowest BCUT2D eigenvalue weighted by molar-refractivity contribution is -0.135. The fourth-order valence-electron chi connectivity index (χ4n) is 5.07. The fourth-order valence-corrected chi connectivity index (χ4v) is 6.28. The predicted molar refractivity (Wildman–Crippen MR) is 139 cm³/mol. The van der Waals surface area contributed by atoms with Gasteiger partial charge in [-0.15, -0.1) is 0 Å². The Bertz CT molecular complexity index is 1270. The standard InChI is InChI=1S/C25H34N6O5S/c26-25(27)30-11-3-7-19(15-30)23(33)28-14-20-8-4-12-31(20)24(34)22(16-32)29-37(35,36)21-10-9-17-5-1-2-6-18(17)13-21/h1-2,5-6,9-10,13,19-20,22,29,32H,3-4,7-8,11-12,14-16H2,(H3,26,27)(H,28,33)/t19?,20-,22?/m0/s1. The van der Waals surface area contributed by atoms with E-state index in [1.54, 1.807) is 17.0 Å². The van der Waals surface area contributed by atoms with Crippen LogP contribution in [0.1, 0.15) is 25.7 Å². The van der Waals surface area contributed by atoms with Gasteiger partial charge in [-0.1, -0.05) is 30.3 Å². The first-order valence-corrected chi connectivity index (χ1v) is 14.0. The van der Waals surface area contributed by atoms with E-state index in [0.717, 1.165) is 17.2 Å². The van der Waals surface area contributed by atoms with E-state index in [4.69, 9.17) is 11.1 Å². The Morgan fingerprint density at radius 1 is 1.11 bits per heavy atom. The number of likely N-dealkylation sites (tertiary alicyclic amines) is 2. The van der Waals surface area contributed by atoms with Gasteiger partial charge in [-0.3, -0.25) is 15.0 Å². The van der Waals surface area contributed by atoms with Crippen molar-refractivity contribution in [2.45, 2.75) is 42.7 Å². The highest BCUT2D eigenvalue weighted by Crippen LogP contribution is 2.22. The number of piperidine rings is 1. The first-order chi connectivity index (χ1) is 17.7. The second-order valence-electron chi connectivity index (χ2n) is 9.61. The van der Waals surface area contributed by atoms with Crippen molar-refractivity contribution in [1.29, 1.82) is 5.41 Å².